The number of carbonyl (C=O) groups is 1. The fourth-order valence-electron chi connectivity index (χ4n) is 3.36. The third-order valence-corrected chi connectivity index (χ3v) is 4.65. The lowest BCUT2D eigenvalue weighted by Crippen LogP contribution is -2.40. The van der Waals surface area contributed by atoms with Crippen LogP contribution in [-0.4, -0.2) is 41.1 Å². The van der Waals surface area contributed by atoms with Crippen LogP contribution in [0.4, 0.5) is 0 Å². The second-order valence-corrected chi connectivity index (χ2v) is 6.21. The highest BCUT2D eigenvalue weighted by Crippen LogP contribution is 2.33. The van der Waals surface area contributed by atoms with Gasteiger partial charge in [-0.25, -0.2) is 0 Å². The lowest BCUT2D eigenvalue weighted by molar-refractivity contribution is -0.136. The van der Waals surface area contributed by atoms with Crippen LogP contribution in [0.1, 0.15) is 45.4 Å². The zero-order valence-electron chi connectivity index (χ0n) is 11.4. The van der Waals surface area contributed by atoms with E-state index in [0.717, 1.165) is 38.6 Å². The van der Waals surface area contributed by atoms with Crippen LogP contribution in [-0.2, 0) is 4.79 Å². The van der Waals surface area contributed by atoms with Crippen molar-refractivity contribution in [2.24, 2.45) is 17.6 Å². The molecule has 1 saturated carbocycles. The molecule has 1 aliphatic carbocycles. The monoisotopic (exact) mass is 254 g/mol. The number of nitrogens with zero attached hydrogens (tertiary/aromatic N) is 1. The molecule has 1 saturated heterocycles. The van der Waals surface area contributed by atoms with Gasteiger partial charge in [-0.05, 0) is 51.5 Å². The van der Waals surface area contributed by atoms with Gasteiger partial charge < -0.3 is 15.7 Å². The summed E-state index contributed by atoms with van der Waals surface area (Å²) in [6.07, 6.45) is 5.61. The molecule has 3 N–H and O–H groups in total. The first kappa shape index (κ1) is 13.8. The summed E-state index contributed by atoms with van der Waals surface area (Å²) in [7, 11) is 0. The van der Waals surface area contributed by atoms with E-state index in [1.54, 1.807) is 0 Å². The van der Waals surface area contributed by atoms with E-state index in [2.05, 4.69) is 0 Å². The lowest BCUT2D eigenvalue weighted by Gasteiger charge is -2.27. The maximum absolute atomic E-state index is 12.5. The van der Waals surface area contributed by atoms with Crippen molar-refractivity contribution in [3.63, 3.8) is 0 Å². The molecule has 0 aromatic heterocycles. The summed E-state index contributed by atoms with van der Waals surface area (Å²) in [6, 6.07) is 0. The van der Waals surface area contributed by atoms with Crippen LogP contribution in [0.5, 0.6) is 0 Å². The Hall–Kier alpha value is -0.610. The molecule has 4 nitrogen and oxygen atoms in total. The first-order chi connectivity index (χ1) is 8.53. The Morgan fingerprint density at radius 1 is 1.33 bits per heavy atom. The first-order valence-corrected chi connectivity index (χ1v) is 7.25. The molecule has 2 rings (SSSR count). The highest BCUT2D eigenvalue weighted by atomic mass is 16.3. The van der Waals surface area contributed by atoms with E-state index in [1.165, 1.54) is 0 Å². The van der Waals surface area contributed by atoms with Crippen LogP contribution < -0.4 is 5.73 Å². The predicted molar refractivity (Wildman–Crippen MR) is 70.9 cm³/mol. The molecule has 0 bridgehead atoms. The van der Waals surface area contributed by atoms with Gasteiger partial charge in [-0.2, -0.15) is 0 Å². The molecular weight excluding hydrogens is 228 g/mol. The van der Waals surface area contributed by atoms with Crippen LogP contribution >= 0.6 is 0 Å². The molecule has 0 radical (unpaired) electrons. The number of carbonyl (C=O) groups excluding carboxylic acids is 1. The van der Waals surface area contributed by atoms with Crippen LogP contribution in [0, 0.1) is 11.8 Å². The molecule has 104 valence electrons. The van der Waals surface area contributed by atoms with Crippen LogP contribution in [0.15, 0.2) is 0 Å². The molecule has 18 heavy (non-hydrogen) atoms. The van der Waals surface area contributed by atoms with E-state index in [0.29, 0.717) is 25.4 Å². The van der Waals surface area contributed by atoms with Gasteiger partial charge in [0.05, 0.1) is 5.60 Å². The van der Waals surface area contributed by atoms with Gasteiger partial charge >= 0.3 is 0 Å². The Labute approximate surface area is 110 Å². The van der Waals surface area contributed by atoms with Gasteiger partial charge in [0.2, 0.25) is 5.91 Å². The summed E-state index contributed by atoms with van der Waals surface area (Å²) in [5.41, 5.74) is 5.16. The van der Waals surface area contributed by atoms with Gasteiger partial charge in [0.1, 0.15) is 0 Å². The largest absolute Gasteiger partial charge is 0.390 e. The van der Waals surface area contributed by atoms with Gasteiger partial charge in [0.25, 0.3) is 0 Å². The lowest BCUT2D eigenvalue weighted by atomic mass is 9.94. The highest BCUT2D eigenvalue weighted by molar-refractivity contribution is 5.79. The number of hydrogen-bond acceptors (Lipinski definition) is 3. The molecular formula is C14H26N2O2. The zero-order valence-corrected chi connectivity index (χ0v) is 11.4. The third kappa shape index (κ3) is 3.04. The summed E-state index contributed by atoms with van der Waals surface area (Å²) in [5.74, 6) is 0.792. The zero-order chi connectivity index (χ0) is 13.2. The van der Waals surface area contributed by atoms with Gasteiger partial charge in [-0.3, -0.25) is 4.79 Å². The molecule has 0 aromatic carbocycles. The standard InChI is InChI=1S/C14H26N2O2/c1-14(18)6-3-8-16(9-7-14)13(17)12-5-2-4-11(12)10-15/h11-12,18H,2-10,15H2,1H3. The highest BCUT2D eigenvalue weighted by Gasteiger charge is 2.36. The Bertz CT molecular complexity index is 304. The van der Waals surface area contributed by atoms with Crippen molar-refractivity contribution >= 4 is 5.91 Å². The van der Waals surface area contributed by atoms with E-state index in [4.69, 9.17) is 5.73 Å². The maximum Gasteiger partial charge on any atom is 0.226 e. The summed E-state index contributed by atoms with van der Waals surface area (Å²) in [4.78, 5) is 14.5. The molecule has 1 amide bonds. The number of likely N-dealkylation sites (tertiary alicyclic amines) is 1. The first-order valence-electron chi connectivity index (χ1n) is 7.25. The minimum absolute atomic E-state index is 0.137. The summed E-state index contributed by atoms with van der Waals surface area (Å²) in [5, 5.41) is 10.1. The van der Waals surface area contributed by atoms with E-state index in [-0.39, 0.29) is 11.8 Å². The summed E-state index contributed by atoms with van der Waals surface area (Å²) < 4.78 is 0. The van der Waals surface area contributed by atoms with Crippen LogP contribution in [0.25, 0.3) is 0 Å². The van der Waals surface area contributed by atoms with Crippen molar-refractivity contribution in [3.8, 4) is 0 Å². The minimum atomic E-state index is -0.599. The number of rotatable bonds is 2. The van der Waals surface area contributed by atoms with Crippen molar-refractivity contribution in [1.82, 2.24) is 4.90 Å². The van der Waals surface area contributed by atoms with Crippen molar-refractivity contribution in [2.75, 3.05) is 19.6 Å². The van der Waals surface area contributed by atoms with Crippen molar-refractivity contribution < 1.29 is 9.90 Å². The molecule has 0 spiro atoms. The molecule has 2 fully saturated rings. The molecule has 3 atom stereocenters. The van der Waals surface area contributed by atoms with Gasteiger partial charge in [-0.1, -0.05) is 6.42 Å². The fourth-order valence-corrected chi connectivity index (χ4v) is 3.36. The Kier molecular flexibility index (Phi) is 4.28. The molecule has 2 aliphatic rings. The predicted octanol–water partition coefficient (Wildman–Crippen LogP) is 1.12. The summed E-state index contributed by atoms with van der Waals surface area (Å²) in [6.45, 7) is 3.99. The fraction of sp³-hybridized carbons (Fsp3) is 0.929. The average Bonchev–Trinajstić information content (AvgIpc) is 2.73. The van der Waals surface area contributed by atoms with Gasteiger partial charge in [0.15, 0.2) is 0 Å². The van der Waals surface area contributed by atoms with Gasteiger partial charge in [0, 0.05) is 19.0 Å². The smallest absolute Gasteiger partial charge is 0.226 e. The van der Waals surface area contributed by atoms with Crippen molar-refractivity contribution in [1.29, 1.82) is 0 Å². The third-order valence-electron chi connectivity index (χ3n) is 4.65. The molecule has 4 heteroatoms. The van der Waals surface area contributed by atoms with Gasteiger partial charge in [-0.15, -0.1) is 0 Å². The molecule has 0 aromatic rings. The van der Waals surface area contributed by atoms with Crippen LogP contribution in [0.3, 0.4) is 0 Å². The number of amides is 1. The van der Waals surface area contributed by atoms with E-state index in [9.17, 15) is 9.90 Å². The number of aliphatic hydroxyl groups is 1. The molecule has 1 heterocycles. The molecule has 3 unspecified atom stereocenters. The topological polar surface area (TPSA) is 66.6 Å². The maximum atomic E-state index is 12.5. The average molecular weight is 254 g/mol. The Morgan fingerprint density at radius 3 is 2.83 bits per heavy atom. The minimum Gasteiger partial charge on any atom is -0.390 e. The van der Waals surface area contributed by atoms with Crippen LogP contribution in [0.2, 0.25) is 0 Å². The number of hydrogen-bond donors (Lipinski definition) is 2. The van der Waals surface area contributed by atoms with Crippen molar-refractivity contribution in [3.05, 3.63) is 0 Å². The summed E-state index contributed by atoms with van der Waals surface area (Å²) >= 11 is 0. The van der Waals surface area contributed by atoms with E-state index < -0.39 is 5.60 Å². The Morgan fingerprint density at radius 2 is 2.11 bits per heavy atom. The second kappa shape index (κ2) is 5.57. The SMILES string of the molecule is CC1(O)CCCN(C(=O)C2CCCC2CN)CC1. The number of nitrogens with two attached hydrogens (primary N) is 1. The van der Waals surface area contributed by atoms with E-state index in [1.807, 2.05) is 11.8 Å². The quantitative estimate of drug-likeness (QED) is 0.776. The van der Waals surface area contributed by atoms with Crippen molar-refractivity contribution in [2.45, 2.75) is 51.0 Å². The second-order valence-electron chi connectivity index (χ2n) is 6.21. The molecule has 1 aliphatic heterocycles. The Balaban J connectivity index is 1.96. The van der Waals surface area contributed by atoms with E-state index >= 15 is 0 Å². The normalized spacial score (nSPS) is 37.6.